The molecular formula is C16H27NO3. The predicted molar refractivity (Wildman–Crippen MR) is 76.5 cm³/mol. The molecule has 0 bridgehead atoms. The number of rotatable bonds is 2. The van der Waals surface area contributed by atoms with Crippen LogP contribution in [0.4, 0.5) is 0 Å². The van der Waals surface area contributed by atoms with E-state index < -0.39 is 5.97 Å². The molecule has 0 aromatic heterocycles. The van der Waals surface area contributed by atoms with Crippen LogP contribution in [0.2, 0.25) is 0 Å². The van der Waals surface area contributed by atoms with Gasteiger partial charge in [-0.25, -0.2) is 0 Å². The van der Waals surface area contributed by atoms with Crippen molar-refractivity contribution in [2.45, 2.75) is 88.4 Å². The quantitative estimate of drug-likeness (QED) is 0.816. The van der Waals surface area contributed by atoms with Crippen LogP contribution in [0.1, 0.15) is 64.2 Å². The highest BCUT2D eigenvalue weighted by atomic mass is 16.4. The minimum Gasteiger partial charge on any atom is -0.480 e. The van der Waals surface area contributed by atoms with E-state index in [-0.39, 0.29) is 18.2 Å². The maximum Gasteiger partial charge on any atom is 0.320 e. The van der Waals surface area contributed by atoms with E-state index in [9.17, 15) is 15.0 Å². The molecule has 3 rings (SSSR count). The van der Waals surface area contributed by atoms with Crippen LogP contribution in [0.15, 0.2) is 0 Å². The fourth-order valence-electron chi connectivity index (χ4n) is 4.84. The van der Waals surface area contributed by atoms with Crippen LogP contribution in [-0.2, 0) is 4.79 Å². The summed E-state index contributed by atoms with van der Waals surface area (Å²) in [7, 11) is 0. The maximum atomic E-state index is 11.7. The Morgan fingerprint density at radius 2 is 1.50 bits per heavy atom. The van der Waals surface area contributed by atoms with Gasteiger partial charge in [-0.1, -0.05) is 25.7 Å². The number of carboxylic acid groups (broad SMARTS) is 1. The van der Waals surface area contributed by atoms with Gasteiger partial charge in [0.25, 0.3) is 0 Å². The topological polar surface area (TPSA) is 60.8 Å². The second-order valence-electron chi connectivity index (χ2n) is 6.91. The van der Waals surface area contributed by atoms with Crippen molar-refractivity contribution in [3.63, 3.8) is 0 Å². The van der Waals surface area contributed by atoms with Crippen LogP contribution in [-0.4, -0.2) is 45.3 Å². The highest BCUT2D eigenvalue weighted by Crippen LogP contribution is 2.41. The maximum absolute atomic E-state index is 11.7. The fourth-order valence-corrected chi connectivity index (χ4v) is 4.84. The van der Waals surface area contributed by atoms with E-state index in [1.54, 1.807) is 0 Å². The summed E-state index contributed by atoms with van der Waals surface area (Å²) < 4.78 is 0. The molecule has 0 aromatic carbocycles. The van der Waals surface area contributed by atoms with Gasteiger partial charge in [0.05, 0.1) is 6.10 Å². The number of fused-ring (bicyclic) bond motifs is 1. The van der Waals surface area contributed by atoms with Gasteiger partial charge in [0.1, 0.15) is 6.04 Å². The summed E-state index contributed by atoms with van der Waals surface area (Å²) in [6, 6.07) is 0.110. The summed E-state index contributed by atoms with van der Waals surface area (Å²) in [5.74, 6) is -0.0275. The number of aliphatic hydroxyl groups is 1. The lowest BCUT2D eigenvalue weighted by Crippen LogP contribution is -2.62. The molecule has 5 atom stereocenters. The van der Waals surface area contributed by atoms with Crippen LogP contribution >= 0.6 is 0 Å². The molecule has 2 saturated carbocycles. The zero-order valence-electron chi connectivity index (χ0n) is 12.2. The Morgan fingerprint density at radius 3 is 2.20 bits per heavy atom. The predicted octanol–water partition coefficient (Wildman–Crippen LogP) is 2.40. The van der Waals surface area contributed by atoms with E-state index in [0.29, 0.717) is 12.0 Å². The summed E-state index contributed by atoms with van der Waals surface area (Å²) in [5.41, 5.74) is 0. The van der Waals surface area contributed by atoms with Gasteiger partial charge in [-0.3, -0.25) is 9.69 Å². The molecule has 2 aliphatic carbocycles. The minimum atomic E-state index is -0.688. The number of aliphatic hydroxyl groups excluding tert-OH is 1. The first-order valence-electron chi connectivity index (χ1n) is 8.37. The molecule has 1 heterocycles. The standard InChI is InChI=1S/C16H27NO3/c18-15-8-4-3-7-13(15)17-12-6-2-1-5-11(12)9-10-14(17)16(19)20/h11-15,18H,1-10H2,(H,19,20). The highest BCUT2D eigenvalue weighted by Gasteiger charge is 2.46. The van der Waals surface area contributed by atoms with Gasteiger partial charge in [0.2, 0.25) is 0 Å². The van der Waals surface area contributed by atoms with Crippen molar-refractivity contribution >= 4 is 5.97 Å². The normalized spacial score (nSPS) is 43.0. The van der Waals surface area contributed by atoms with Crippen LogP contribution in [0.5, 0.6) is 0 Å². The molecule has 114 valence electrons. The van der Waals surface area contributed by atoms with Crippen molar-refractivity contribution in [3.05, 3.63) is 0 Å². The highest BCUT2D eigenvalue weighted by molar-refractivity contribution is 5.73. The number of likely N-dealkylation sites (tertiary alicyclic amines) is 1. The first-order valence-corrected chi connectivity index (χ1v) is 8.37. The molecule has 3 fully saturated rings. The van der Waals surface area contributed by atoms with Crippen molar-refractivity contribution in [2.24, 2.45) is 5.92 Å². The van der Waals surface area contributed by atoms with Crippen molar-refractivity contribution < 1.29 is 15.0 Å². The van der Waals surface area contributed by atoms with Crippen molar-refractivity contribution in [3.8, 4) is 0 Å². The second kappa shape index (κ2) is 6.02. The molecule has 3 aliphatic rings. The average Bonchev–Trinajstić information content (AvgIpc) is 2.46. The van der Waals surface area contributed by atoms with Gasteiger partial charge in [-0.15, -0.1) is 0 Å². The average molecular weight is 281 g/mol. The van der Waals surface area contributed by atoms with Crippen molar-refractivity contribution in [2.75, 3.05) is 0 Å². The Morgan fingerprint density at radius 1 is 0.850 bits per heavy atom. The Balaban J connectivity index is 1.84. The smallest absolute Gasteiger partial charge is 0.320 e. The lowest BCUT2D eigenvalue weighted by atomic mass is 9.74. The summed E-state index contributed by atoms with van der Waals surface area (Å²) in [5, 5.41) is 20.0. The lowest BCUT2D eigenvalue weighted by Gasteiger charge is -2.52. The van der Waals surface area contributed by atoms with E-state index in [0.717, 1.165) is 44.9 Å². The van der Waals surface area contributed by atoms with E-state index in [2.05, 4.69) is 4.90 Å². The molecule has 4 heteroatoms. The Labute approximate surface area is 121 Å². The Kier molecular flexibility index (Phi) is 4.32. The molecule has 20 heavy (non-hydrogen) atoms. The summed E-state index contributed by atoms with van der Waals surface area (Å²) in [4.78, 5) is 13.9. The fraction of sp³-hybridized carbons (Fsp3) is 0.938. The number of nitrogens with zero attached hydrogens (tertiary/aromatic N) is 1. The number of carbonyl (C=O) groups is 1. The molecule has 0 radical (unpaired) electrons. The Hall–Kier alpha value is -0.610. The zero-order chi connectivity index (χ0) is 14.1. The summed E-state index contributed by atoms with van der Waals surface area (Å²) in [6.07, 6.45) is 10.4. The van der Waals surface area contributed by atoms with E-state index >= 15 is 0 Å². The van der Waals surface area contributed by atoms with Gasteiger partial charge in [-0.2, -0.15) is 0 Å². The summed E-state index contributed by atoms with van der Waals surface area (Å²) >= 11 is 0. The first-order chi connectivity index (χ1) is 9.68. The molecule has 0 aromatic rings. The molecule has 2 N–H and O–H groups in total. The van der Waals surface area contributed by atoms with Gasteiger partial charge < -0.3 is 10.2 Å². The third kappa shape index (κ3) is 2.60. The van der Waals surface area contributed by atoms with Crippen LogP contribution in [0.25, 0.3) is 0 Å². The molecule has 0 amide bonds. The van der Waals surface area contributed by atoms with Gasteiger partial charge in [0.15, 0.2) is 0 Å². The number of hydrogen-bond acceptors (Lipinski definition) is 3. The van der Waals surface area contributed by atoms with E-state index in [1.165, 1.54) is 19.3 Å². The van der Waals surface area contributed by atoms with Crippen LogP contribution < -0.4 is 0 Å². The molecule has 1 aliphatic heterocycles. The van der Waals surface area contributed by atoms with Crippen molar-refractivity contribution in [1.82, 2.24) is 4.90 Å². The SMILES string of the molecule is O=C(O)C1CCC2CCCCC2N1C1CCCCC1O. The number of hydrogen-bond donors (Lipinski definition) is 2. The molecule has 1 saturated heterocycles. The number of carboxylic acids is 1. The van der Waals surface area contributed by atoms with Crippen molar-refractivity contribution in [1.29, 1.82) is 0 Å². The minimum absolute atomic E-state index is 0.0794. The molecule has 4 nitrogen and oxygen atoms in total. The molecular weight excluding hydrogens is 254 g/mol. The monoisotopic (exact) mass is 281 g/mol. The van der Waals surface area contributed by atoms with Gasteiger partial charge in [0, 0.05) is 12.1 Å². The number of piperidine rings is 1. The number of aliphatic carboxylic acids is 1. The van der Waals surface area contributed by atoms with Gasteiger partial charge >= 0.3 is 5.97 Å². The Bertz CT molecular complexity index is 354. The second-order valence-corrected chi connectivity index (χ2v) is 6.91. The van der Waals surface area contributed by atoms with Crippen LogP contribution in [0, 0.1) is 5.92 Å². The zero-order valence-corrected chi connectivity index (χ0v) is 12.2. The third-order valence-electron chi connectivity index (χ3n) is 5.78. The molecule has 0 spiro atoms. The van der Waals surface area contributed by atoms with E-state index in [1.807, 2.05) is 0 Å². The summed E-state index contributed by atoms with van der Waals surface area (Å²) in [6.45, 7) is 0. The van der Waals surface area contributed by atoms with Crippen LogP contribution in [0.3, 0.4) is 0 Å². The van der Waals surface area contributed by atoms with E-state index in [4.69, 9.17) is 0 Å². The lowest BCUT2D eigenvalue weighted by molar-refractivity contribution is -0.154. The van der Waals surface area contributed by atoms with Gasteiger partial charge in [-0.05, 0) is 44.4 Å². The largest absolute Gasteiger partial charge is 0.480 e. The third-order valence-corrected chi connectivity index (χ3v) is 5.78. The first kappa shape index (κ1) is 14.3. The molecule has 5 unspecified atom stereocenters.